The Bertz CT molecular complexity index is 496. The van der Waals surface area contributed by atoms with Crippen molar-refractivity contribution in [2.45, 2.75) is 38.1 Å². The summed E-state index contributed by atoms with van der Waals surface area (Å²) >= 11 is 0. The fraction of sp³-hybridized carbons (Fsp3) is 0.500. The van der Waals surface area contributed by atoms with Gasteiger partial charge in [0.15, 0.2) is 0 Å². The average Bonchev–Trinajstić information content (AvgIpc) is 3.22. The fourth-order valence-electron chi connectivity index (χ4n) is 2.66. The van der Waals surface area contributed by atoms with E-state index < -0.39 is 6.09 Å². The van der Waals surface area contributed by atoms with Gasteiger partial charge in [-0.3, -0.25) is 4.79 Å². The number of carbonyl (C=O) groups excluding carboxylic acids is 2. The van der Waals surface area contributed by atoms with Gasteiger partial charge in [-0.1, -0.05) is 43.2 Å². The zero-order valence-corrected chi connectivity index (χ0v) is 11.5. The van der Waals surface area contributed by atoms with Crippen LogP contribution in [0.1, 0.15) is 31.2 Å². The summed E-state index contributed by atoms with van der Waals surface area (Å²) in [5, 5.41) is 0. The summed E-state index contributed by atoms with van der Waals surface area (Å²) < 4.78 is 5.06. The molecular formula is C16H19NO3. The van der Waals surface area contributed by atoms with Gasteiger partial charge in [0.1, 0.15) is 6.61 Å². The first-order valence-electron chi connectivity index (χ1n) is 7.27. The molecule has 4 nitrogen and oxygen atoms in total. The molecule has 20 heavy (non-hydrogen) atoms. The van der Waals surface area contributed by atoms with Crippen molar-refractivity contribution in [2.24, 2.45) is 5.92 Å². The van der Waals surface area contributed by atoms with E-state index in [1.54, 1.807) is 0 Å². The number of rotatable bonds is 5. The Balaban J connectivity index is 1.63. The van der Waals surface area contributed by atoms with Crippen molar-refractivity contribution in [1.82, 2.24) is 4.90 Å². The van der Waals surface area contributed by atoms with Gasteiger partial charge in [-0.15, -0.1) is 0 Å². The van der Waals surface area contributed by atoms with Crippen LogP contribution in [0.4, 0.5) is 4.79 Å². The molecule has 0 spiro atoms. The molecule has 4 heteroatoms. The normalized spacial score (nSPS) is 21.9. The van der Waals surface area contributed by atoms with E-state index in [-0.39, 0.29) is 11.9 Å². The molecule has 1 saturated carbocycles. The number of imide groups is 1. The first-order valence-corrected chi connectivity index (χ1v) is 7.27. The highest BCUT2D eigenvalue weighted by Crippen LogP contribution is 2.34. The van der Waals surface area contributed by atoms with Crippen LogP contribution in [0, 0.1) is 5.92 Å². The Kier molecular flexibility index (Phi) is 3.72. The van der Waals surface area contributed by atoms with Crippen molar-refractivity contribution < 1.29 is 14.3 Å². The molecule has 1 aliphatic carbocycles. The predicted molar refractivity (Wildman–Crippen MR) is 74.1 cm³/mol. The van der Waals surface area contributed by atoms with Gasteiger partial charge < -0.3 is 4.74 Å². The molecule has 106 valence electrons. The molecule has 0 aromatic heterocycles. The third-order valence-electron chi connectivity index (χ3n) is 4.01. The molecule has 1 aromatic carbocycles. The maximum atomic E-state index is 12.2. The largest absolute Gasteiger partial charge is 0.447 e. The van der Waals surface area contributed by atoms with E-state index in [1.807, 2.05) is 30.3 Å². The van der Waals surface area contributed by atoms with Crippen molar-refractivity contribution in [3.8, 4) is 0 Å². The highest BCUT2D eigenvalue weighted by Gasteiger charge is 2.38. The molecule has 2 amide bonds. The number of hydrogen-bond acceptors (Lipinski definition) is 3. The second-order valence-corrected chi connectivity index (χ2v) is 5.67. The Morgan fingerprint density at radius 1 is 1.25 bits per heavy atom. The van der Waals surface area contributed by atoms with Crippen LogP contribution >= 0.6 is 0 Å². The maximum absolute atomic E-state index is 12.2. The van der Waals surface area contributed by atoms with Gasteiger partial charge in [-0.05, 0) is 24.3 Å². The maximum Gasteiger partial charge on any atom is 0.416 e. The van der Waals surface area contributed by atoms with E-state index in [2.05, 4.69) is 0 Å². The van der Waals surface area contributed by atoms with Crippen molar-refractivity contribution in [2.75, 3.05) is 6.61 Å². The Morgan fingerprint density at radius 2 is 2.00 bits per heavy atom. The van der Waals surface area contributed by atoms with E-state index in [1.165, 1.54) is 17.7 Å². The summed E-state index contributed by atoms with van der Waals surface area (Å²) in [7, 11) is 0. The molecule has 1 saturated heterocycles. The summed E-state index contributed by atoms with van der Waals surface area (Å²) in [5.41, 5.74) is 1.12. The predicted octanol–water partition coefficient (Wildman–Crippen LogP) is 2.77. The SMILES string of the molecule is O=C(CCC1CC1)N1C(=O)OC[C@H]1Cc1ccccc1. The van der Waals surface area contributed by atoms with Gasteiger partial charge in [0.25, 0.3) is 0 Å². The van der Waals surface area contributed by atoms with Gasteiger partial charge in [-0.25, -0.2) is 9.69 Å². The van der Waals surface area contributed by atoms with E-state index in [0.717, 1.165) is 12.0 Å². The van der Waals surface area contributed by atoms with Crippen LogP contribution in [0.5, 0.6) is 0 Å². The van der Waals surface area contributed by atoms with Crippen molar-refractivity contribution in [3.05, 3.63) is 35.9 Å². The molecule has 1 heterocycles. The van der Waals surface area contributed by atoms with Gasteiger partial charge >= 0.3 is 6.09 Å². The molecular weight excluding hydrogens is 254 g/mol. The Hall–Kier alpha value is -1.84. The third kappa shape index (κ3) is 3.00. The van der Waals surface area contributed by atoms with Crippen LogP contribution in [0.15, 0.2) is 30.3 Å². The second-order valence-electron chi connectivity index (χ2n) is 5.67. The zero-order chi connectivity index (χ0) is 13.9. The number of amides is 2. The molecule has 2 fully saturated rings. The number of ether oxygens (including phenoxy) is 1. The molecule has 3 rings (SSSR count). The van der Waals surface area contributed by atoms with Crippen molar-refractivity contribution >= 4 is 12.0 Å². The minimum absolute atomic E-state index is 0.0830. The van der Waals surface area contributed by atoms with Crippen LogP contribution in [0.25, 0.3) is 0 Å². The van der Waals surface area contributed by atoms with Crippen molar-refractivity contribution in [1.29, 1.82) is 0 Å². The smallest absolute Gasteiger partial charge is 0.416 e. The minimum atomic E-state index is -0.480. The van der Waals surface area contributed by atoms with E-state index in [0.29, 0.717) is 25.4 Å². The number of benzene rings is 1. The summed E-state index contributed by atoms with van der Waals surface area (Å²) in [6.07, 6.45) is 4.01. The van der Waals surface area contributed by atoms with Crippen LogP contribution in [0.2, 0.25) is 0 Å². The van der Waals surface area contributed by atoms with Gasteiger partial charge in [-0.2, -0.15) is 0 Å². The molecule has 1 atom stereocenters. The minimum Gasteiger partial charge on any atom is -0.447 e. The third-order valence-corrected chi connectivity index (χ3v) is 4.01. The lowest BCUT2D eigenvalue weighted by atomic mass is 10.1. The molecule has 2 aliphatic rings. The molecule has 0 radical (unpaired) electrons. The molecule has 1 aromatic rings. The highest BCUT2D eigenvalue weighted by molar-refractivity contribution is 5.93. The first-order chi connectivity index (χ1) is 9.74. The molecule has 1 aliphatic heterocycles. The summed E-state index contributed by atoms with van der Waals surface area (Å²) in [6.45, 7) is 0.308. The number of cyclic esters (lactones) is 1. The van der Waals surface area contributed by atoms with Crippen LogP contribution in [0.3, 0.4) is 0 Å². The zero-order valence-electron chi connectivity index (χ0n) is 11.5. The Morgan fingerprint density at radius 3 is 2.70 bits per heavy atom. The van der Waals surface area contributed by atoms with Crippen LogP contribution < -0.4 is 0 Å². The highest BCUT2D eigenvalue weighted by atomic mass is 16.6. The van der Waals surface area contributed by atoms with Gasteiger partial charge in [0, 0.05) is 6.42 Å². The monoisotopic (exact) mass is 273 g/mol. The standard InChI is InChI=1S/C16H19NO3/c18-15(9-8-12-6-7-12)17-14(11-20-16(17)19)10-13-4-2-1-3-5-13/h1-5,12,14H,6-11H2/t14-/m1/s1. The van der Waals surface area contributed by atoms with Crippen LogP contribution in [-0.4, -0.2) is 29.5 Å². The lowest BCUT2D eigenvalue weighted by Crippen LogP contribution is -2.40. The fourth-order valence-corrected chi connectivity index (χ4v) is 2.66. The average molecular weight is 273 g/mol. The number of nitrogens with zero attached hydrogens (tertiary/aromatic N) is 1. The summed E-state index contributed by atoms with van der Waals surface area (Å²) in [5.74, 6) is 0.616. The van der Waals surface area contributed by atoms with Gasteiger partial charge in [0.2, 0.25) is 5.91 Å². The second kappa shape index (κ2) is 5.65. The molecule has 0 N–H and O–H groups in total. The lowest BCUT2D eigenvalue weighted by Gasteiger charge is -2.19. The Labute approximate surface area is 118 Å². The topological polar surface area (TPSA) is 46.6 Å². The van der Waals surface area contributed by atoms with Gasteiger partial charge in [0.05, 0.1) is 6.04 Å². The van der Waals surface area contributed by atoms with E-state index >= 15 is 0 Å². The first kappa shape index (κ1) is 13.2. The number of carbonyl (C=O) groups is 2. The number of hydrogen-bond donors (Lipinski definition) is 0. The van der Waals surface area contributed by atoms with Crippen molar-refractivity contribution in [3.63, 3.8) is 0 Å². The van der Waals surface area contributed by atoms with E-state index in [4.69, 9.17) is 4.74 Å². The quantitative estimate of drug-likeness (QED) is 0.828. The lowest BCUT2D eigenvalue weighted by molar-refractivity contribution is -0.129. The van der Waals surface area contributed by atoms with Crippen LogP contribution in [-0.2, 0) is 16.0 Å². The summed E-state index contributed by atoms with van der Waals surface area (Å²) in [6, 6.07) is 9.75. The molecule has 0 unspecified atom stereocenters. The summed E-state index contributed by atoms with van der Waals surface area (Å²) in [4.78, 5) is 25.3. The molecule has 0 bridgehead atoms. The van der Waals surface area contributed by atoms with E-state index in [9.17, 15) is 9.59 Å².